The molecule has 0 aliphatic heterocycles. The predicted octanol–water partition coefficient (Wildman–Crippen LogP) is 2.82. The van der Waals surface area contributed by atoms with E-state index in [-0.39, 0.29) is 10.8 Å². The van der Waals surface area contributed by atoms with Gasteiger partial charge in [0.25, 0.3) is 0 Å². The number of fused-ring (bicyclic) bond motifs is 1. The van der Waals surface area contributed by atoms with Crippen LogP contribution in [0.3, 0.4) is 0 Å². The highest BCUT2D eigenvalue weighted by Gasteiger charge is 2.46. The molecule has 0 spiro atoms. The minimum absolute atomic E-state index is 0.241. The monoisotopic (exact) mass is 397 g/mol. The lowest BCUT2D eigenvalue weighted by Gasteiger charge is -2.13. The van der Waals surface area contributed by atoms with Gasteiger partial charge in [-0.15, -0.1) is 0 Å². The van der Waals surface area contributed by atoms with Gasteiger partial charge in [-0.2, -0.15) is 5.10 Å². The number of amides is 2. The van der Waals surface area contributed by atoms with Crippen molar-refractivity contribution >= 4 is 33.6 Å². The van der Waals surface area contributed by atoms with Gasteiger partial charge in [0.1, 0.15) is 0 Å². The van der Waals surface area contributed by atoms with Gasteiger partial charge in [-0.05, 0) is 31.4 Å². The summed E-state index contributed by atoms with van der Waals surface area (Å²) in [5.74, 6) is 0. The van der Waals surface area contributed by atoms with E-state index in [0.29, 0.717) is 18.8 Å². The summed E-state index contributed by atoms with van der Waals surface area (Å²) in [5.41, 5.74) is 3.40. The molecule has 1 fully saturated rings. The van der Waals surface area contributed by atoms with E-state index in [9.17, 15) is 9.00 Å². The Balaban J connectivity index is 1.46. The van der Waals surface area contributed by atoms with Crippen LogP contribution in [0.1, 0.15) is 24.1 Å². The molecule has 1 unspecified atom stereocenters. The molecule has 8 heteroatoms. The Morgan fingerprint density at radius 1 is 1.29 bits per heavy atom. The number of pyridine rings is 1. The average Bonchev–Trinajstić information content (AvgIpc) is 3.42. The lowest BCUT2D eigenvalue weighted by molar-refractivity contribution is 0.252. The second-order valence-corrected chi connectivity index (χ2v) is 9.04. The number of nitrogens with one attached hydrogen (secondary N) is 2. The molecule has 0 radical (unpaired) electrons. The van der Waals surface area contributed by atoms with Gasteiger partial charge in [0.15, 0.2) is 5.65 Å². The van der Waals surface area contributed by atoms with Crippen LogP contribution in [-0.2, 0) is 17.3 Å². The van der Waals surface area contributed by atoms with Crippen LogP contribution in [0.25, 0.3) is 11.0 Å². The maximum Gasteiger partial charge on any atom is 0.319 e. The standard InChI is InChI=1S/C20H23N5O2S/c1-14-17-10-16(23-19(26)22-13-20(8-9-20)28(2)27)11-21-18(17)25(24-14)12-15-6-4-3-5-7-15/h3-7,10-11H,8-9,12-13H2,1-2H3,(H2,22,23,26). The van der Waals surface area contributed by atoms with Crippen molar-refractivity contribution in [1.82, 2.24) is 20.1 Å². The normalized spacial score (nSPS) is 15.9. The molecule has 4 rings (SSSR count). The number of carbonyl (C=O) groups is 1. The molecule has 1 saturated carbocycles. The van der Waals surface area contributed by atoms with Crippen LogP contribution in [0.5, 0.6) is 0 Å². The molecule has 7 nitrogen and oxygen atoms in total. The molecule has 0 saturated heterocycles. The number of nitrogens with zero attached hydrogens (tertiary/aromatic N) is 3. The third-order valence-electron chi connectivity index (χ3n) is 5.19. The topological polar surface area (TPSA) is 88.9 Å². The lowest BCUT2D eigenvalue weighted by atomic mass is 10.2. The summed E-state index contributed by atoms with van der Waals surface area (Å²) in [6.45, 7) is 3.00. The highest BCUT2D eigenvalue weighted by atomic mass is 32.2. The molecule has 2 heterocycles. The first-order valence-corrected chi connectivity index (χ1v) is 10.8. The number of aromatic nitrogens is 3. The van der Waals surface area contributed by atoms with Crippen LogP contribution in [0, 0.1) is 6.92 Å². The van der Waals surface area contributed by atoms with E-state index in [2.05, 4.69) is 32.8 Å². The minimum Gasteiger partial charge on any atom is -0.336 e. The van der Waals surface area contributed by atoms with E-state index in [0.717, 1.165) is 35.1 Å². The van der Waals surface area contributed by atoms with Crippen molar-refractivity contribution < 1.29 is 9.00 Å². The second-order valence-electron chi connectivity index (χ2n) is 7.27. The predicted molar refractivity (Wildman–Crippen MR) is 111 cm³/mol. The van der Waals surface area contributed by atoms with Crippen LogP contribution in [-0.4, -0.2) is 42.6 Å². The van der Waals surface area contributed by atoms with E-state index in [1.54, 1.807) is 12.5 Å². The summed E-state index contributed by atoms with van der Waals surface area (Å²) >= 11 is 0. The molecular weight excluding hydrogens is 374 g/mol. The van der Waals surface area contributed by atoms with E-state index >= 15 is 0 Å². The first kappa shape index (κ1) is 18.6. The van der Waals surface area contributed by atoms with E-state index in [1.165, 1.54) is 0 Å². The van der Waals surface area contributed by atoms with Crippen LogP contribution in [0.4, 0.5) is 10.5 Å². The van der Waals surface area contributed by atoms with Crippen molar-refractivity contribution in [1.29, 1.82) is 0 Å². The maximum atomic E-state index is 12.2. The smallest absolute Gasteiger partial charge is 0.319 e. The van der Waals surface area contributed by atoms with E-state index in [4.69, 9.17) is 0 Å². The lowest BCUT2D eigenvalue weighted by Crippen LogP contribution is -2.38. The molecule has 1 aliphatic carbocycles. The van der Waals surface area contributed by atoms with Gasteiger partial charge >= 0.3 is 6.03 Å². The minimum atomic E-state index is -0.930. The van der Waals surface area contributed by atoms with Crippen LogP contribution >= 0.6 is 0 Å². The van der Waals surface area contributed by atoms with Crippen LogP contribution < -0.4 is 10.6 Å². The largest absolute Gasteiger partial charge is 0.336 e. The van der Waals surface area contributed by atoms with Gasteiger partial charge in [0.2, 0.25) is 0 Å². The number of benzene rings is 1. The molecular formula is C20H23N5O2S. The number of hydrogen-bond acceptors (Lipinski definition) is 4. The Labute approximate surface area is 166 Å². The molecule has 0 bridgehead atoms. The van der Waals surface area contributed by atoms with E-state index in [1.807, 2.05) is 35.9 Å². The zero-order valence-corrected chi connectivity index (χ0v) is 16.8. The highest BCUT2D eigenvalue weighted by molar-refractivity contribution is 7.86. The van der Waals surface area contributed by atoms with Crippen molar-refractivity contribution in [3.05, 3.63) is 53.9 Å². The quantitative estimate of drug-likeness (QED) is 0.669. The fourth-order valence-corrected chi connectivity index (χ4v) is 4.22. The highest BCUT2D eigenvalue weighted by Crippen LogP contribution is 2.40. The Morgan fingerprint density at radius 3 is 2.71 bits per heavy atom. The first-order chi connectivity index (χ1) is 13.5. The Kier molecular flexibility index (Phi) is 4.89. The van der Waals surface area contributed by atoms with Gasteiger partial charge in [-0.1, -0.05) is 30.3 Å². The molecule has 146 valence electrons. The van der Waals surface area contributed by atoms with Crippen LogP contribution in [0.2, 0.25) is 0 Å². The number of carbonyl (C=O) groups excluding carboxylic acids is 1. The molecule has 1 aromatic carbocycles. The van der Waals surface area contributed by atoms with Crippen LogP contribution in [0.15, 0.2) is 42.6 Å². The molecule has 2 aromatic heterocycles. The molecule has 1 aliphatic rings. The fraction of sp³-hybridized carbons (Fsp3) is 0.350. The Morgan fingerprint density at radius 2 is 2.04 bits per heavy atom. The third-order valence-corrected chi connectivity index (χ3v) is 6.97. The van der Waals surface area contributed by atoms with E-state index < -0.39 is 10.8 Å². The van der Waals surface area contributed by atoms with Crippen molar-refractivity contribution in [3.63, 3.8) is 0 Å². The van der Waals surface area contributed by atoms with Crippen molar-refractivity contribution in [2.24, 2.45) is 0 Å². The zero-order chi connectivity index (χ0) is 19.7. The molecule has 1 atom stereocenters. The summed E-state index contributed by atoms with van der Waals surface area (Å²) < 4.78 is 13.4. The van der Waals surface area contributed by atoms with Gasteiger partial charge < -0.3 is 10.6 Å². The molecule has 28 heavy (non-hydrogen) atoms. The van der Waals surface area contributed by atoms with Gasteiger partial charge in [-0.3, -0.25) is 4.21 Å². The third kappa shape index (κ3) is 3.77. The summed E-state index contributed by atoms with van der Waals surface area (Å²) in [4.78, 5) is 16.7. The Hall–Kier alpha value is -2.74. The van der Waals surface area contributed by atoms with Gasteiger partial charge in [0, 0.05) is 29.0 Å². The first-order valence-electron chi connectivity index (χ1n) is 9.22. The van der Waals surface area contributed by atoms with Gasteiger partial charge in [0.05, 0.1) is 28.9 Å². The summed E-state index contributed by atoms with van der Waals surface area (Å²) in [5, 5.41) is 11.1. The number of urea groups is 1. The zero-order valence-electron chi connectivity index (χ0n) is 15.9. The molecule has 3 aromatic rings. The van der Waals surface area contributed by atoms with Crippen molar-refractivity contribution in [2.45, 2.75) is 31.1 Å². The van der Waals surface area contributed by atoms with Gasteiger partial charge in [-0.25, -0.2) is 14.5 Å². The summed E-state index contributed by atoms with van der Waals surface area (Å²) in [6.07, 6.45) is 5.11. The Bertz CT molecular complexity index is 1040. The number of hydrogen-bond donors (Lipinski definition) is 2. The fourth-order valence-electron chi connectivity index (χ4n) is 3.27. The number of anilines is 1. The summed E-state index contributed by atoms with van der Waals surface area (Å²) in [7, 11) is -0.930. The molecule has 2 amide bonds. The number of rotatable bonds is 6. The summed E-state index contributed by atoms with van der Waals surface area (Å²) in [6, 6.07) is 11.7. The second kappa shape index (κ2) is 7.35. The van der Waals surface area contributed by atoms with Crippen molar-refractivity contribution in [2.75, 3.05) is 18.1 Å². The molecule has 2 N–H and O–H groups in total. The average molecular weight is 398 g/mol. The maximum absolute atomic E-state index is 12.2. The number of aryl methyl sites for hydroxylation is 1. The SMILES string of the molecule is Cc1nn(Cc2ccccc2)c2ncc(NC(=O)NCC3(S(C)=O)CC3)cc12. The van der Waals surface area contributed by atoms with Crippen molar-refractivity contribution in [3.8, 4) is 0 Å².